The SMILES string of the molecule is CC(C)=NNC(=O)c1ccc(C(F)(F)F)cc1. The van der Waals surface area contributed by atoms with Crippen molar-refractivity contribution in [2.45, 2.75) is 20.0 Å². The zero-order chi connectivity index (χ0) is 13.1. The number of nitrogens with zero attached hydrogens (tertiary/aromatic N) is 1. The Kier molecular flexibility index (Phi) is 3.88. The summed E-state index contributed by atoms with van der Waals surface area (Å²) >= 11 is 0. The Balaban J connectivity index is 2.81. The van der Waals surface area contributed by atoms with Crippen LogP contribution in [0.4, 0.5) is 13.2 Å². The van der Waals surface area contributed by atoms with Crippen molar-refractivity contribution in [1.29, 1.82) is 0 Å². The average molecular weight is 244 g/mol. The highest BCUT2D eigenvalue weighted by Crippen LogP contribution is 2.28. The average Bonchev–Trinajstić information content (AvgIpc) is 2.25. The number of nitrogens with one attached hydrogen (secondary N) is 1. The fourth-order valence-corrected chi connectivity index (χ4v) is 1.04. The van der Waals surface area contributed by atoms with Crippen molar-refractivity contribution in [3.8, 4) is 0 Å². The molecule has 0 fully saturated rings. The molecule has 1 aromatic carbocycles. The lowest BCUT2D eigenvalue weighted by Crippen LogP contribution is -2.18. The number of halogens is 3. The van der Waals surface area contributed by atoms with Gasteiger partial charge < -0.3 is 0 Å². The quantitative estimate of drug-likeness (QED) is 0.630. The van der Waals surface area contributed by atoms with Gasteiger partial charge in [0.2, 0.25) is 0 Å². The zero-order valence-electron chi connectivity index (χ0n) is 9.30. The van der Waals surface area contributed by atoms with Crippen molar-refractivity contribution < 1.29 is 18.0 Å². The summed E-state index contributed by atoms with van der Waals surface area (Å²) in [6.45, 7) is 3.38. The molecule has 0 aliphatic rings. The van der Waals surface area contributed by atoms with Crippen LogP contribution in [0.1, 0.15) is 29.8 Å². The number of carbonyl (C=O) groups is 1. The third-order valence-corrected chi connectivity index (χ3v) is 1.86. The predicted molar refractivity (Wildman–Crippen MR) is 57.7 cm³/mol. The van der Waals surface area contributed by atoms with Gasteiger partial charge >= 0.3 is 6.18 Å². The number of hydrogen-bond acceptors (Lipinski definition) is 2. The highest BCUT2D eigenvalue weighted by molar-refractivity contribution is 5.95. The monoisotopic (exact) mass is 244 g/mol. The van der Waals surface area contributed by atoms with E-state index in [1.165, 1.54) is 0 Å². The molecule has 3 nitrogen and oxygen atoms in total. The summed E-state index contributed by atoms with van der Waals surface area (Å²) in [6, 6.07) is 3.94. The summed E-state index contributed by atoms with van der Waals surface area (Å²) < 4.78 is 36.8. The van der Waals surface area contributed by atoms with Crippen LogP contribution in [0.5, 0.6) is 0 Å². The van der Waals surface area contributed by atoms with E-state index in [1.807, 2.05) is 0 Å². The lowest BCUT2D eigenvalue weighted by atomic mass is 10.1. The normalized spacial score (nSPS) is 10.9. The summed E-state index contributed by atoms with van der Waals surface area (Å²) in [5, 5.41) is 3.67. The molecule has 0 aliphatic carbocycles. The molecule has 1 rings (SSSR count). The molecular weight excluding hydrogens is 233 g/mol. The first-order valence-corrected chi connectivity index (χ1v) is 4.79. The molecule has 6 heteroatoms. The van der Waals surface area contributed by atoms with E-state index >= 15 is 0 Å². The van der Waals surface area contributed by atoms with Crippen LogP contribution in [-0.2, 0) is 6.18 Å². The van der Waals surface area contributed by atoms with E-state index < -0.39 is 17.6 Å². The van der Waals surface area contributed by atoms with Gasteiger partial charge in [-0.2, -0.15) is 18.3 Å². The molecule has 1 N–H and O–H groups in total. The maximum absolute atomic E-state index is 12.3. The van der Waals surface area contributed by atoms with Gasteiger partial charge in [0.1, 0.15) is 0 Å². The summed E-state index contributed by atoms with van der Waals surface area (Å²) in [4.78, 5) is 11.4. The molecule has 17 heavy (non-hydrogen) atoms. The van der Waals surface area contributed by atoms with Crippen molar-refractivity contribution in [2.75, 3.05) is 0 Å². The van der Waals surface area contributed by atoms with Crippen LogP contribution in [0.15, 0.2) is 29.4 Å². The summed E-state index contributed by atoms with van der Waals surface area (Å²) in [6.07, 6.45) is -4.40. The largest absolute Gasteiger partial charge is 0.416 e. The molecule has 0 saturated heterocycles. The van der Waals surface area contributed by atoms with Crippen molar-refractivity contribution in [3.63, 3.8) is 0 Å². The van der Waals surface area contributed by atoms with Crippen LogP contribution in [0.3, 0.4) is 0 Å². The van der Waals surface area contributed by atoms with E-state index in [-0.39, 0.29) is 5.56 Å². The second kappa shape index (κ2) is 4.99. The molecule has 0 atom stereocenters. The Morgan fingerprint density at radius 2 is 1.71 bits per heavy atom. The Morgan fingerprint density at radius 1 is 1.18 bits per heavy atom. The first kappa shape index (κ1) is 13.2. The van der Waals surface area contributed by atoms with Crippen molar-refractivity contribution >= 4 is 11.6 Å². The standard InChI is InChI=1S/C11H11F3N2O/c1-7(2)15-16-10(17)8-3-5-9(6-4-8)11(12,13)14/h3-6H,1-2H3,(H,16,17). The third kappa shape index (κ3) is 3.90. The Hall–Kier alpha value is -1.85. The number of hydrogen-bond donors (Lipinski definition) is 1. The number of rotatable bonds is 2. The fourth-order valence-electron chi connectivity index (χ4n) is 1.04. The van der Waals surface area contributed by atoms with E-state index in [0.717, 1.165) is 24.3 Å². The van der Waals surface area contributed by atoms with Gasteiger partial charge in [-0.25, -0.2) is 5.43 Å². The smallest absolute Gasteiger partial charge is 0.267 e. The lowest BCUT2D eigenvalue weighted by Gasteiger charge is -2.06. The molecule has 0 heterocycles. The fraction of sp³-hybridized carbons (Fsp3) is 0.273. The minimum atomic E-state index is -4.40. The molecule has 0 radical (unpaired) electrons. The third-order valence-electron chi connectivity index (χ3n) is 1.86. The molecular formula is C11H11F3N2O. The van der Waals surface area contributed by atoms with Gasteiger partial charge in [0.15, 0.2) is 0 Å². The summed E-state index contributed by atoms with van der Waals surface area (Å²) in [5.41, 5.74) is 2.21. The van der Waals surface area contributed by atoms with E-state index in [1.54, 1.807) is 13.8 Å². The van der Waals surface area contributed by atoms with E-state index in [0.29, 0.717) is 5.71 Å². The lowest BCUT2D eigenvalue weighted by molar-refractivity contribution is -0.137. The highest BCUT2D eigenvalue weighted by atomic mass is 19.4. The van der Waals surface area contributed by atoms with Gasteiger partial charge in [0, 0.05) is 11.3 Å². The molecule has 92 valence electrons. The molecule has 1 aromatic rings. The van der Waals surface area contributed by atoms with Crippen LogP contribution >= 0.6 is 0 Å². The van der Waals surface area contributed by atoms with E-state index in [4.69, 9.17) is 0 Å². The van der Waals surface area contributed by atoms with E-state index in [9.17, 15) is 18.0 Å². The van der Waals surface area contributed by atoms with Crippen LogP contribution < -0.4 is 5.43 Å². The Morgan fingerprint density at radius 3 is 2.12 bits per heavy atom. The van der Waals surface area contributed by atoms with Crippen molar-refractivity contribution in [1.82, 2.24) is 5.43 Å². The number of hydrazone groups is 1. The summed E-state index contributed by atoms with van der Waals surface area (Å²) in [5.74, 6) is -0.542. The van der Waals surface area contributed by atoms with Gasteiger partial charge in [-0.1, -0.05) is 0 Å². The minimum Gasteiger partial charge on any atom is -0.267 e. The molecule has 0 saturated carbocycles. The second-order valence-electron chi connectivity index (χ2n) is 3.58. The minimum absolute atomic E-state index is 0.128. The second-order valence-corrected chi connectivity index (χ2v) is 3.58. The van der Waals surface area contributed by atoms with Crippen LogP contribution in [-0.4, -0.2) is 11.6 Å². The molecule has 0 aromatic heterocycles. The molecule has 1 amide bonds. The number of alkyl halides is 3. The first-order valence-electron chi connectivity index (χ1n) is 4.79. The van der Waals surface area contributed by atoms with Gasteiger partial charge in [0.25, 0.3) is 5.91 Å². The van der Waals surface area contributed by atoms with Crippen LogP contribution in [0, 0.1) is 0 Å². The Labute approximate surface area is 96.3 Å². The van der Waals surface area contributed by atoms with Crippen molar-refractivity contribution in [2.24, 2.45) is 5.10 Å². The van der Waals surface area contributed by atoms with Gasteiger partial charge in [-0.3, -0.25) is 4.79 Å². The van der Waals surface area contributed by atoms with Gasteiger partial charge in [-0.05, 0) is 38.1 Å². The van der Waals surface area contributed by atoms with Gasteiger partial charge in [-0.15, -0.1) is 0 Å². The van der Waals surface area contributed by atoms with Crippen molar-refractivity contribution in [3.05, 3.63) is 35.4 Å². The molecule has 0 spiro atoms. The topological polar surface area (TPSA) is 41.5 Å². The van der Waals surface area contributed by atoms with Gasteiger partial charge in [0.05, 0.1) is 5.56 Å². The molecule has 0 unspecified atom stereocenters. The molecule has 0 aliphatic heterocycles. The number of amides is 1. The summed E-state index contributed by atoms with van der Waals surface area (Å²) in [7, 11) is 0. The first-order chi connectivity index (χ1) is 7.80. The maximum atomic E-state index is 12.3. The zero-order valence-corrected chi connectivity index (χ0v) is 9.30. The maximum Gasteiger partial charge on any atom is 0.416 e. The highest BCUT2D eigenvalue weighted by Gasteiger charge is 2.30. The van der Waals surface area contributed by atoms with Crippen LogP contribution in [0.25, 0.3) is 0 Å². The predicted octanol–water partition coefficient (Wildman–Crippen LogP) is 2.83. The van der Waals surface area contributed by atoms with Crippen LogP contribution in [0.2, 0.25) is 0 Å². The number of benzene rings is 1. The number of carbonyl (C=O) groups excluding carboxylic acids is 1. The van der Waals surface area contributed by atoms with E-state index in [2.05, 4.69) is 10.5 Å². The Bertz CT molecular complexity index is 431. The molecule has 0 bridgehead atoms.